The van der Waals surface area contributed by atoms with Crippen LogP contribution in [-0.4, -0.2) is 10.9 Å². The van der Waals surface area contributed by atoms with Crippen LogP contribution in [0.15, 0.2) is 41.0 Å². The Labute approximate surface area is 118 Å². The van der Waals surface area contributed by atoms with Crippen molar-refractivity contribution in [1.29, 1.82) is 0 Å². The van der Waals surface area contributed by atoms with E-state index in [-0.39, 0.29) is 5.91 Å². The SMILES string of the molecule is Cc1ccc(Cl)c(NC(=O)c2ccc(Br)cn2)c1. The topological polar surface area (TPSA) is 42.0 Å². The molecular formula is C13H10BrClN2O. The number of carbonyl (C=O) groups is 1. The van der Waals surface area contributed by atoms with Gasteiger partial charge in [-0.3, -0.25) is 4.79 Å². The summed E-state index contributed by atoms with van der Waals surface area (Å²) in [5, 5.41) is 3.24. The number of halogens is 2. The van der Waals surface area contributed by atoms with Gasteiger partial charge in [0.1, 0.15) is 5.69 Å². The molecule has 2 aromatic rings. The lowest BCUT2D eigenvalue weighted by atomic mass is 10.2. The van der Waals surface area contributed by atoms with Crippen LogP contribution >= 0.6 is 27.5 Å². The minimum Gasteiger partial charge on any atom is -0.319 e. The highest BCUT2D eigenvalue weighted by atomic mass is 79.9. The summed E-state index contributed by atoms with van der Waals surface area (Å²) >= 11 is 9.28. The Kier molecular flexibility index (Phi) is 3.99. The molecule has 5 heteroatoms. The van der Waals surface area contributed by atoms with Gasteiger partial charge >= 0.3 is 0 Å². The molecule has 0 fully saturated rings. The van der Waals surface area contributed by atoms with Gasteiger partial charge in [0.15, 0.2) is 0 Å². The maximum Gasteiger partial charge on any atom is 0.274 e. The number of aryl methyl sites for hydroxylation is 1. The molecule has 3 nitrogen and oxygen atoms in total. The van der Waals surface area contributed by atoms with Gasteiger partial charge in [0, 0.05) is 10.7 Å². The zero-order chi connectivity index (χ0) is 13.1. The molecule has 1 aromatic carbocycles. The quantitative estimate of drug-likeness (QED) is 0.905. The highest BCUT2D eigenvalue weighted by Crippen LogP contribution is 2.23. The minimum atomic E-state index is -0.282. The summed E-state index contributed by atoms with van der Waals surface area (Å²) in [5.41, 5.74) is 1.96. The van der Waals surface area contributed by atoms with Crippen molar-refractivity contribution in [3.05, 3.63) is 57.3 Å². The van der Waals surface area contributed by atoms with Gasteiger partial charge in [-0.05, 0) is 52.7 Å². The maximum absolute atomic E-state index is 11.9. The first kappa shape index (κ1) is 13.1. The van der Waals surface area contributed by atoms with Crippen molar-refractivity contribution in [1.82, 2.24) is 4.98 Å². The second-order valence-corrected chi connectivity index (χ2v) is 5.12. The molecule has 0 saturated carbocycles. The summed E-state index contributed by atoms with van der Waals surface area (Å²) in [6.07, 6.45) is 1.58. The molecule has 1 heterocycles. The molecule has 1 aromatic heterocycles. The van der Waals surface area contributed by atoms with Crippen LogP contribution in [-0.2, 0) is 0 Å². The Hall–Kier alpha value is -1.39. The second kappa shape index (κ2) is 5.50. The van der Waals surface area contributed by atoms with E-state index in [2.05, 4.69) is 26.2 Å². The van der Waals surface area contributed by atoms with E-state index in [0.29, 0.717) is 16.4 Å². The van der Waals surface area contributed by atoms with Crippen LogP contribution in [0.4, 0.5) is 5.69 Å². The molecule has 2 rings (SSSR count). The summed E-state index contributed by atoms with van der Waals surface area (Å²) in [6, 6.07) is 8.86. The van der Waals surface area contributed by atoms with Crippen LogP contribution in [0.25, 0.3) is 0 Å². The minimum absolute atomic E-state index is 0.282. The van der Waals surface area contributed by atoms with Gasteiger partial charge in [-0.15, -0.1) is 0 Å². The Bertz CT molecular complexity index is 584. The van der Waals surface area contributed by atoms with E-state index in [4.69, 9.17) is 11.6 Å². The standard InChI is InChI=1S/C13H10BrClN2O/c1-8-2-4-10(15)12(6-8)17-13(18)11-5-3-9(14)7-16-11/h2-7H,1H3,(H,17,18). The van der Waals surface area contributed by atoms with E-state index in [9.17, 15) is 4.79 Å². The van der Waals surface area contributed by atoms with Gasteiger partial charge in [0.25, 0.3) is 5.91 Å². The molecule has 1 N–H and O–H groups in total. The molecule has 0 aliphatic rings. The molecule has 18 heavy (non-hydrogen) atoms. The molecule has 0 radical (unpaired) electrons. The lowest BCUT2D eigenvalue weighted by Gasteiger charge is -2.07. The van der Waals surface area contributed by atoms with Crippen molar-refractivity contribution in [2.45, 2.75) is 6.92 Å². The zero-order valence-corrected chi connectivity index (χ0v) is 11.9. The lowest BCUT2D eigenvalue weighted by Crippen LogP contribution is -2.13. The van der Waals surface area contributed by atoms with Crippen molar-refractivity contribution in [2.24, 2.45) is 0 Å². The third kappa shape index (κ3) is 3.09. The van der Waals surface area contributed by atoms with E-state index in [1.165, 1.54) is 0 Å². The van der Waals surface area contributed by atoms with E-state index in [0.717, 1.165) is 10.0 Å². The van der Waals surface area contributed by atoms with Crippen LogP contribution in [0.3, 0.4) is 0 Å². The van der Waals surface area contributed by atoms with E-state index >= 15 is 0 Å². The smallest absolute Gasteiger partial charge is 0.274 e. The molecule has 0 unspecified atom stereocenters. The molecule has 92 valence electrons. The Morgan fingerprint density at radius 1 is 1.33 bits per heavy atom. The molecule has 0 aliphatic carbocycles. The molecule has 0 saturated heterocycles. The first-order valence-electron chi connectivity index (χ1n) is 5.25. The number of anilines is 1. The van der Waals surface area contributed by atoms with Crippen LogP contribution in [0.5, 0.6) is 0 Å². The molecule has 0 bridgehead atoms. The van der Waals surface area contributed by atoms with Gasteiger partial charge in [-0.1, -0.05) is 17.7 Å². The van der Waals surface area contributed by atoms with Gasteiger partial charge in [0.2, 0.25) is 0 Å². The molecule has 0 atom stereocenters. The highest BCUT2D eigenvalue weighted by molar-refractivity contribution is 9.10. The van der Waals surface area contributed by atoms with Crippen molar-refractivity contribution in [3.8, 4) is 0 Å². The number of hydrogen-bond donors (Lipinski definition) is 1. The summed E-state index contributed by atoms with van der Waals surface area (Å²) in [7, 11) is 0. The Balaban J connectivity index is 2.21. The lowest BCUT2D eigenvalue weighted by molar-refractivity contribution is 0.102. The Morgan fingerprint density at radius 3 is 2.78 bits per heavy atom. The number of carbonyl (C=O) groups excluding carboxylic acids is 1. The number of hydrogen-bond acceptors (Lipinski definition) is 2. The third-order valence-electron chi connectivity index (χ3n) is 2.33. The van der Waals surface area contributed by atoms with Crippen molar-refractivity contribution < 1.29 is 4.79 Å². The number of pyridine rings is 1. The fraction of sp³-hybridized carbons (Fsp3) is 0.0769. The van der Waals surface area contributed by atoms with Gasteiger partial charge in [0.05, 0.1) is 10.7 Å². The average Bonchev–Trinajstić information content (AvgIpc) is 2.34. The van der Waals surface area contributed by atoms with Gasteiger partial charge < -0.3 is 5.32 Å². The van der Waals surface area contributed by atoms with Gasteiger partial charge in [-0.25, -0.2) is 4.98 Å². The number of amides is 1. The normalized spacial score (nSPS) is 10.2. The van der Waals surface area contributed by atoms with Crippen molar-refractivity contribution in [3.63, 3.8) is 0 Å². The first-order chi connectivity index (χ1) is 8.56. The van der Waals surface area contributed by atoms with E-state index in [1.54, 1.807) is 24.4 Å². The third-order valence-corrected chi connectivity index (χ3v) is 3.13. The maximum atomic E-state index is 11.9. The highest BCUT2D eigenvalue weighted by Gasteiger charge is 2.09. The molecule has 0 aliphatic heterocycles. The Morgan fingerprint density at radius 2 is 2.11 bits per heavy atom. The molecular weight excluding hydrogens is 316 g/mol. The summed E-state index contributed by atoms with van der Waals surface area (Å²) in [4.78, 5) is 16.0. The zero-order valence-electron chi connectivity index (χ0n) is 9.58. The fourth-order valence-corrected chi connectivity index (χ4v) is 1.83. The average molecular weight is 326 g/mol. The largest absolute Gasteiger partial charge is 0.319 e. The van der Waals surface area contributed by atoms with Crippen LogP contribution in [0.2, 0.25) is 5.02 Å². The number of nitrogens with zero attached hydrogens (tertiary/aromatic N) is 1. The summed E-state index contributed by atoms with van der Waals surface area (Å²) < 4.78 is 0.827. The summed E-state index contributed by atoms with van der Waals surface area (Å²) in [6.45, 7) is 1.93. The van der Waals surface area contributed by atoms with Crippen LogP contribution in [0, 0.1) is 6.92 Å². The summed E-state index contributed by atoms with van der Waals surface area (Å²) in [5.74, 6) is -0.282. The predicted molar refractivity (Wildman–Crippen MR) is 76.1 cm³/mol. The molecule has 0 spiro atoms. The number of rotatable bonds is 2. The number of aromatic nitrogens is 1. The van der Waals surface area contributed by atoms with Crippen LogP contribution in [0.1, 0.15) is 16.1 Å². The van der Waals surface area contributed by atoms with Crippen LogP contribution < -0.4 is 5.32 Å². The number of nitrogens with one attached hydrogen (secondary N) is 1. The molecule has 1 amide bonds. The fourth-order valence-electron chi connectivity index (χ4n) is 1.43. The van der Waals surface area contributed by atoms with Crippen molar-refractivity contribution in [2.75, 3.05) is 5.32 Å². The number of benzene rings is 1. The predicted octanol–water partition coefficient (Wildman–Crippen LogP) is 4.06. The second-order valence-electron chi connectivity index (χ2n) is 3.80. The van der Waals surface area contributed by atoms with E-state index < -0.39 is 0 Å². The van der Waals surface area contributed by atoms with Gasteiger partial charge in [-0.2, -0.15) is 0 Å². The van der Waals surface area contributed by atoms with Crippen molar-refractivity contribution >= 4 is 39.1 Å². The first-order valence-corrected chi connectivity index (χ1v) is 6.42. The monoisotopic (exact) mass is 324 g/mol. The van der Waals surface area contributed by atoms with E-state index in [1.807, 2.05) is 19.1 Å².